The summed E-state index contributed by atoms with van der Waals surface area (Å²) in [5, 5.41) is 12.5. The molecule has 0 fully saturated rings. The number of halogens is 2. The Labute approximate surface area is 195 Å². The molecule has 2 aromatic carbocycles. The van der Waals surface area contributed by atoms with Crippen molar-refractivity contribution in [2.24, 2.45) is 17.1 Å². The standard InChI is InChI=1S/C25H31Cl2NO3/c1-4-12-25(3,24(30)31-16-17(2)28)15-20(13-18-6-5-7-22(27)14-18)23(29)19-8-10-21(26)11-9-19/h4-11,14,17,20,23,29H,1,12-13,15-16,28H2,2-3H3/t17-,20-,23-,25-/m0/s1. The summed E-state index contributed by atoms with van der Waals surface area (Å²) in [7, 11) is 0. The summed E-state index contributed by atoms with van der Waals surface area (Å²) < 4.78 is 5.46. The number of nitrogens with two attached hydrogens (primary N) is 1. The molecule has 2 aromatic rings. The number of aliphatic hydroxyl groups is 1. The average molecular weight is 464 g/mol. The van der Waals surface area contributed by atoms with Crippen molar-refractivity contribution < 1.29 is 14.6 Å². The molecule has 4 nitrogen and oxygen atoms in total. The fraction of sp³-hybridized carbons (Fsp3) is 0.400. The summed E-state index contributed by atoms with van der Waals surface area (Å²) in [5.74, 6) is -0.614. The Balaban J connectivity index is 2.35. The summed E-state index contributed by atoms with van der Waals surface area (Å²) in [6.07, 6.45) is 2.26. The fourth-order valence-corrected chi connectivity index (χ4v) is 4.06. The molecule has 0 aliphatic heterocycles. The molecule has 2 rings (SSSR count). The van der Waals surface area contributed by atoms with E-state index < -0.39 is 11.5 Å². The maximum Gasteiger partial charge on any atom is 0.312 e. The van der Waals surface area contributed by atoms with Crippen LogP contribution < -0.4 is 5.73 Å². The van der Waals surface area contributed by atoms with Gasteiger partial charge in [0.25, 0.3) is 0 Å². The van der Waals surface area contributed by atoms with Gasteiger partial charge >= 0.3 is 5.97 Å². The summed E-state index contributed by atoms with van der Waals surface area (Å²) in [6.45, 7) is 7.58. The molecule has 0 amide bonds. The maximum atomic E-state index is 13.0. The van der Waals surface area contributed by atoms with Crippen molar-refractivity contribution in [3.8, 4) is 0 Å². The first-order valence-electron chi connectivity index (χ1n) is 10.4. The van der Waals surface area contributed by atoms with Gasteiger partial charge in [-0.3, -0.25) is 4.79 Å². The van der Waals surface area contributed by atoms with Crippen molar-refractivity contribution in [3.05, 3.63) is 82.4 Å². The molecule has 0 aliphatic carbocycles. The lowest BCUT2D eigenvalue weighted by molar-refractivity contribution is -0.157. The molecular weight excluding hydrogens is 433 g/mol. The highest BCUT2D eigenvalue weighted by atomic mass is 35.5. The van der Waals surface area contributed by atoms with Crippen LogP contribution in [0.15, 0.2) is 61.2 Å². The van der Waals surface area contributed by atoms with Gasteiger partial charge in [-0.1, -0.05) is 53.5 Å². The highest BCUT2D eigenvalue weighted by Gasteiger charge is 2.38. The number of allylic oxidation sites excluding steroid dienone is 1. The molecule has 0 spiro atoms. The zero-order valence-electron chi connectivity index (χ0n) is 18.1. The van der Waals surface area contributed by atoms with Gasteiger partial charge in [0.05, 0.1) is 11.5 Å². The molecule has 0 unspecified atom stereocenters. The number of rotatable bonds is 11. The number of carbonyl (C=O) groups is 1. The zero-order chi connectivity index (χ0) is 23.0. The second kappa shape index (κ2) is 11.7. The van der Waals surface area contributed by atoms with Crippen LogP contribution in [0.3, 0.4) is 0 Å². The van der Waals surface area contributed by atoms with Gasteiger partial charge in [0, 0.05) is 16.1 Å². The molecule has 0 radical (unpaired) electrons. The number of ether oxygens (including phenoxy) is 1. The predicted octanol–water partition coefficient (Wildman–Crippen LogP) is 5.75. The van der Waals surface area contributed by atoms with Crippen LogP contribution in [-0.2, 0) is 16.0 Å². The minimum Gasteiger partial charge on any atom is -0.464 e. The lowest BCUT2D eigenvalue weighted by atomic mass is 9.73. The van der Waals surface area contributed by atoms with Crippen molar-refractivity contribution in [3.63, 3.8) is 0 Å². The number of carbonyl (C=O) groups excluding carboxylic acids is 1. The molecule has 0 aromatic heterocycles. The predicted molar refractivity (Wildman–Crippen MR) is 127 cm³/mol. The third kappa shape index (κ3) is 7.65. The van der Waals surface area contributed by atoms with Crippen molar-refractivity contribution in [1.82, 2.24) is 0 Å². The minimum absolute atomic E-state index is 0.143. The topological polar surface area (TPSA) is 72.5 Å². The van der Waals surface area contributed by atoms with Crippen molar-refractivity contribution in [2.75, 3.05) is 6.61 Å². The third-order valence-electron chi connectivity index (χ3n) is 5.32. The largest absolute Gasteiger partial charge is 0.464 e. The molecule has 0 heterocycles. The van der Waals surface area contributed by atoms with E-state index in [0.29, 0.717) is 29.3 Å². The minimum atomic E-state index is -0.854. The normalized spacial score (nSPS) is 16.1. The average Bonchev–Trinajstić information content (AvgIpc) is 2.71. The Morgan fingerprint density at radius 1 is 1.23 bits per heavy atom. The molecular formula is C25H31Cl2NO3. The Bertz CT molecular complexity index is 869. The second-order valence-electron chi connectivity index (χ2n) is 8.42. The van der Waals surface area contributed by atoms with Gasteiger partial charge in [0.2, 0.25) is 0 Å². The lowest BCUT2D eigenvalue weighted by Crippen LogP contribution is -2.36. The van der Waals surface area contributed by atoms with Gasteiger partial charge in [-0.15, -0.1) is 6.58 Å². The van der Waals surface area contributed by atoms with E-state index in [0.717, 1.165) is 11.1 Å². The monoisotopic (exact) mass is 463 g/mol. The van der Waals surface area contributed by atoms with Crippen LogP contribution in [0.5, 0.6) is 0 Å². The molecule has 0 bridgehead atoms. The zero-order valence-corrected chi connectivity index (χ0v) is 19.6. The Kier molecular flexibility index (Phi) is 9.57. The summed E-state index contributed by atoms with van der Waals surface area (Å²) in [6, 6.07) is 14.4. The molecule has 31 heavy (non-hydrogen) atoms. The van der Waals surface area contributed by atoms with Crippen LogP contribution in [0, 0.1) is 11.3 Å². The second-order valence-corrected chi connectivity index (χ2v) is 9.30. The number of hydrogen-bond acceptors (Lipinski definition) is 4. The Morgan fingerprint density at radius 2 is 1.90 bits per heavy atom. The van der Waals surface area contributed by atoms with Crippen LogP contribution in [0.4, 0.5) is 0 Å². The fourth-order valence-electron chi connectivity index (χ4n) is 3.72. The van der Waals surface area contributed by atoms with Crippen LogP contribution in [0.2, 0.25) is 10.0 Å². The Morgan fingerprint density at radius 3 is 2.48 bits per heavy atom. The quantitative estimate of drug-likeness (QED) is 0.328. The number of aliphatic hydroxyl groups excluding tert-OH is 1. The maximum absolute atomic E-state index is 13.0. The molecule has 3 N–H and O–H groups in total. The van der Waals surface area contributed by atoms with E-state index in [2.05, 4.69) is 6.58 Å². The van der Waals surface area contributed by atoms with E-state index >= 15 is 0 Å². The molecule has 168 valence electrons. The first kappa shape index (κ1) is 25.4. The number of hydrogen-bond donors (Lipinski definition) is 2. The van der Waals surface area contributed by atoms with E-state index in [4.69, 9.17) is 33.7 Å². The van der Waals surface area contributed by atoms with E-state index in [1.165, 1.54) is 0 Å². The van der Waals surface area contributed by atoms with E-state index in [1.54, 1.807) is 37.3 Å². The highest BCUT2D eigenvalue weighted by Crippen LogP contribution is 2.39. The van der Waals surface area contributed by atoms with Gasteiger partial charge < -0.3 is 15.6 Å². The van der Waals surface area contributed by atoms with E-state index in [-0.39, 0.29) is 24.5 Å². The van der Waals surface area contributed by atoms with Crippen LogP contribution in [0.1, 0.15) is 43.9 Å². The first-order chi connectivity index (χ1) is 14.6. The number of benzene rings is 2. The van der Waals surface area contributed by atoms with Gasteiger partial charge in [0.1, 0.15) is 6.61 Å². The van der Waals surface area contributed by atoms with Gasteiger partial charge in [-0.25, -0.2) is 0 Å². The van der Waals surface area contributed by atoms with Gasteiger partial charge in [0.15, 0.2) is 0 Å². The molecule has 0 saturated heterocycles. The summed E-state index contributed by atoms with van der Waals surface area (Å²) in [5.41, 5.74) is 6.62. The van der Waals surface area contributed by atoms with Crippen molar-refractivity contribution in [2.45, 2.75) is 45.3 Å². The van der Waals surface area contributed by atoms with Crippen molar-refractivity contribution in [1.29, 1.82) is 0 Å². The summed E-state index contributed by atoms with van der Waals surface area (Å²) >= 11 is 12.2. The van der Waals surface area contributed by atoms with Crippen LogP contribution >= 0.6 is 23.2 Å². The van der Waals surface area contributed by atoms with Crippen molar-refractivity contribution >= 4 is 29.2 Å². The van der Waals surface area contributed by atoms with Crippen LogP contribution in [0.25, 0.3) is 0 Å². The van der Waals surface area contributed by atoms with Crippen LogP contribution in [-0.4, -0.2) is 23.7 Å². The number of esters is 1. The smallest absolute Gasteiger partial charge is 0.312 e. The molecule has 0 aliphatic rings. The SMILES string of the molecule is C=CC[C@@](C)(C[C@H](Cc1cccc(Cl)c1)[C@@H](O)c1ccc(Cl)cc1)C(=O)OC[C@H](C)N. The van der Waals surface area contributed by atoms with Gasteiger partial charge in [-0.05, 0) is 74.4 Å². The molecule has 4 atom stereocenters. The third-order valence-corrected chi connectivity index (χ3v) is 5.81. The summed E-state index contributed by atoms with van der Waals surface area (Å²) in [4.78, 5) is 13.0. The van der Waals surface area contributed by atoms with Gasteiger partial charge in [-0.2, -0.15) is 0 Å². The Hall–Kier alpha value is -1.85. The lowest BCUT2D eigenvalue weighted by Gasteiger charge is -2.33. The molecule has 0 saturated carbocycles. The van der Waals surface area contributed by atoms with E-state index in [1.807, 2.05) is 31.2 Å². The highest BCUT2D eigenvalue weighted by molar-refractivity contribution is 6.30. The molecule has 6 heteroatoms. The first-order valence-corrected chi connectivity index (χ1v) is 11.1. The van der Waals surface area contributed by atoms with E-state index in [9.17, 15) is 9.90 Å².